The van der Waals surface area contributed by atoms with Gasteiger partial charge in [-0.05, 0) is 69.0 Å². The van der Waals surface area contributed by atoms with Crippen LogP contribution in [-0.2, 0) is 6.42 Å². The molecule has 1 aliphatic heterocycles. The van der Waals surface area contributed by atoms with Crippen LogP contribution in [0.15, 0.2) is 42.5 Å². The Kier molecular flexibility index (Phi) is 4.75. The van der Waals surface area contributed by atoms with Gasteiger partial charge in [0, 0.05) is 23.5 Å². The van der Waals surface area contributed by atoms with E-state index >= 15 is 0 Å². The maximum Gasteiger partial charge on any atom is 0.228 e. The smallest absolute Gasteiger partial charge is 0.228 e. The standard InChI is InChI=1S/C23H25FN4/c1-14-13-19(24)9-10-21(14)26-22-15(2)16(3)25-23(27-22)28-12-11-18-7-5-6-8-20(18)17(28)4/h5-10,13,17H,11-12H2,1-4H3,(H,25,26,27)/t17-/m1/s1. The Morgan fingerprint density at radius 2 is 1.86 bits per heavy atom. The molecular weight excluding hydrogens is 351 g/mol. The Morgan fingerprint density at radius 3 is 2.64 bits per heavy atom. The zero-order valence-corrected chi connectivity index (χ0v) is 16.8. The van der Waals surface area contributed by atoms with Gasteiger partial charge in [-0.25, -0.2) is 9.37 Å². The van der Waals surface area contributed by atoms with Crippen molar-refractivity contribution in [1.82, 2.24) is 9.97 Å². The second kappa shape index (κ2) is 7.23. The summed E-state index contributed by atoms with van der Waals surface area (Å²) in [5.74, 6) is 1.26. The van der Waals surface area contributed by atoms with Gasteiger partial charge in [-0.15, -0.1) is 0 Å². The topological polar surface area (TPSA) is 41.1 Å². The van der Waals surface area contributed by atoms with Crippen LogP contribution in [0.25, 0.3) is 0 Å². The normalized spacial score (nSPS) is 16.0. The van der Waals surface area contributed by atoms with E-state index in [1.807, 2.05) is 20.8 Å². The highest BCUT2D eigenvalue weighted by molar-refractivity contribution is 5.64. The highest BCUT2D eigenvalue weighted by atomic mass is 19.1. The average Bonchev–Trinajstić information content (AvgIpc) is 2.68. The first-order chi connectivity index (χ1) is 13.4. The molecule has 0 amide bonds. The number of rotatable bonds is 3. The van der Waals surface area contributed by atoms with Crippen LogP contribution in [0, 0.1) is 26.6 Å². The first-order valence-electron chi connectivity index (χ1n) is 9.67. The number of aromatic nitrogens is 2. The van der Waals surface area contributed by atoms with E-state index in [1.54, 1.807) is 6.07 Å². The van der Waals surface area contributed by atoms with E-state index in [2.05, 4.69) is 41.4 Å². The molecule has 0 fully saturated rings. The van der Waals surface area contributed by atoms with E-state index in [9.17, 15) is 4.39 Å². The van der Waals surface area contributed by atoms with Crippen molar-refractivity contribution in [2.45, 2.75) is 40.2 Å². The van der Waals surface area contributed by atoms with Crippen LogP contribution >= 0.6 is 0 Å². The predicted molar refractivity (Wildman–Crippen MR) is 112 cm³/mol. The van der Waals surface area contributed by atoms with E-state index in [-0.39, 0.29) is 11.9 Å². The van der Waals surface area contributed by atoms with Crippen LogP contribution < -0.4 is 10.2 Å². The van der Waals surface area contributed by atoms with Gasteiger partial charge in [-0.3, -0.25) is 0 Å². The molecule has 1 atom stereocenters. The minimum Gasteiger partial charge on any atom is -0.340 e. The van der Waals surface area contributed by atoms with Crippen LogP contribution in [0.3, 0.4) is 0 Å². The molecule has 2 heterocycles. The quantitative estimate of drug-likeness (QED) is 0.664. The molecule has 1 N–H and O–H groups in total. The first kappa shape index (κ1) is 18.4. The molecule has 3 aromatic rings. The van der Waals surface area contributed by atoms with Crippen LogP contribution in [-0.4, -0.2) is 16.5 Å². The number of hydrogen-bond acceptors (Lipinski definition) is 4. The van der Waals surface area contributed by atoms with Crippen LogP contribution in [0.5, 0.6) is 0 Å². The lowest BCUT2D eigenvalue weighted by molar-refractivity contribution is 0.607. The van der Waals surface area contributed by atoms with Gasteiger partial charge < -0.3 is 10.2 Å². The molecule has 2 aromatic carbocycles. The van der Waals surface area contributed by atoms with Gasteiger partial charge >= 0.3 is 0 Å². The lowest BCUT2D eigenvalue weighted by Gasteiger charge is -2.35. The second-order valence-electron chi connectivity index (χ2n) is 7.49. The third-order valence-corrected chi connectivity index (χ3v) is 5.67. The first-order valence-corrected chi connectivity index (χ1v) is 9.67. The molecule has 5 heteroatoms. The molecule has 28 heavy (non-hydrogen) atoms. The zero-order chi connectivity index (χ0) is 19.8. The molecule has 144 valence electrons. The zero-order valence-electron chi connectivity index (χ0n) is 16.8. The molecule has 0 saturated carbocycles. The van der Waals surface area contributed by atoms with Crippen molar-refractivity contribution in [2.24, 2.45) is 0 Å². The van der Waals surface area contributed by atoms with E-state index < -0.39 is 0 Å². The van der Waals surface area contributed by atoms with Crippen molar-refractivity contribution in [2.75, 3.05) is 16.8 Å². The SMILES string of the molecule is Cc1cc(F)ccc1Nc1nc(N2CCc3ccccc3[C@H]2C)nc(C)c1C. The van der Waals surface area contributed by atoms with Crippen molar-refractivity contribution < 1.29 is 4.39 Å². The van der Waals surface area contributed by atoms with Gasteiger partial charge in [-0.2, -0.15) is 4.98 Å². The molecule has 0 spiro atoms. The van der Waals surface area contributed by atoms with Gasteiger partial charge in [0.2, 0.25) is 5.95 Å². The summed E-state index contributed by atoms with van der Waals surface area (Å²) in [6.07, 6.45) is 0.983. The van der Waals surface area contributed by atoms with Crippen LogP contribution in [0.2, 0.25) is 0 Å². The molecule has 1 aliphatic rings. The summed E-state index contributed by atoms with van der Waals surface area (Å²) in [4.78, 5) is 11.9. The van der Waals surface area contributed by atoms with E-state index in [0.717, 1.165) is 47.2 Å². The fourth-order valence-corrected chi connectivity index (χ4v) is 3.80. The fraction of sp³-hybridized carbons (Fsp3) is 0.304. The van der Waals surface area contributed by atoms with Crippen molar-refractivity contribution in [3.8, 4) is 0 Å². The number of benzene rings is 2. The number of nitrogens with zero attached hydrogens (tertiary/aromatic N) is 3. The summed E-state index contributed by atoms with van der Waals surface area (Å²) in [5.41, 5.74) is 6.37. The van der Waals surface area contributed by atoms with Crippen molar-refractivity contribution >= 4 is 17.5 Å². The number of anilines is 3. The summed E-state index contributed by atoms with van der Waals surface area (Å²) in [6.45, 7) is 8.99. The summed E-state index contributed by atoms with van der Waals surface area (Å²) in [5, 5.41) is 3.38. The van der Waals surface area contributed by atoms with Crippen molar-refractivity contribution in [3.63, 3.8) is 0 Å². The molecule has 0 bridgehead atoms. The molecule has 0 aliphatic carbocycles. The van der Waals surface area contributed by atoms with Gasteiger partial charge in [0.15, 0.2) is 0 Å². The minimum absolute atomic E-state index is 0.215. The Labute approximate surface area is 165 Å². The third kappa shape index (κ3) is 3.33. The second-order valence-corrected chi connectivity index (χ2v) is 7.49. The lowest BCUT2D eigenvalue weighted by atomic mass is 9.94. The highest BCUT2D eigenvalue weighted by Crippen LogP contribution is 2.33. The van der Waals surface area contributed by atoms with Gasteiger partial charge in [0.25, 0.3) is 0 Å². The van der Waals surface area contributed by atoms with Gasteiger partial charge in [0.1, 0.15) is 11.6 Å². The monoisotopic (exact) mass is 376 g/mol. The van der Waals surface area contributed by atoms with Crippen LogP contribution in [0.1, 0.15) is 40.9 Å². The van der Waals surface area contributed by atoms with Crippen molar-refractivity contribution in [1.29, 1.82) is 0 Å². The Bertz CT molecular complexity index is 1030. The summed E-state index contributed by atoms with van der Waals surface area (Å²) in [6, 6.07) is 13.5. The van der Waals surface area contributed by atoms with Gasteiger partial charge in [-0.1, -0.05) is 24.3 Å². The number of hydrogen-bond donors (Lipinski definition) is 1. The predicted octanol–water partition coefficient (Wildman–Crippen LogP) is 5.41. The maximum absolute atomic E-state index is 13.4. The molecular formula is C23H25FN4. The number of fused-ring (bicyclic) bond motifs is 1. The van der Waals surface area contributed by atoms with E-state index in [1.165, 1.54) is 23.3 Å². The van der Waals surface area contributed by atoms with Crippen molar-refractivity contribution in [3.05, 3.63) is 76.2 Å². The average molecular weight is 376 g/mol. The summed E-state index contributed by atoms with van der Waals surface area (Å²) in [7, 11) is 0. The molecule has 4 rings (SSSR count). The fourth-order valence-electron chi connectivity index (χ4n) is 3.80. The van der Waals surface area contributed by atoms with Crippen LogP contribution in [0.4, 0.5) is 21.8 Å². The molecule has 0 radical (unpaired) electrons. The van der Waals surface area contributed by atoms with E-state index in [0.29, 0.717) is 0 Å². The molecule has 4 nitrogen and oxygen atoms in total. The Morgan fingerprint density at radius 1 is 1.07 bits per heavy atom. The lowest BCUT2D eigenvalue weighted by Crippen LogP contribution is -2.35. The summed E-state index contributed by atoms with van der Waals surface area (Å²) >= 11 is 0. The maximum atomic E-state index is 13.4. The molecule has 0 unspecified atom stereocenters. The number of halogens is 1. The molecule has 0 saturated heterocycles. The molecule has 1 aromatic heterocycles. The Balaban J connectivity index is 1.70. The van der Waals surface area contributed by atoms with E-state index in [4.69, 9.17) is 9.97 Å². The third-order valence-electron chi connectivity index (χ3n) is 5.67. The largest absolute Gasteiger partial charge is 0.340 e. The highest BCUT2D eigenvalue weighted by Gasteiger charge is 2.26. The summed E-state index contributed by atoms with van der Waals surface area (Å²) < 4.78 is 13.4. The number of nitrogens with one attached hydrogen (secondary N) is 1. The number of aryl methyl sites for hydroxylation is 2. The van der Waals surface area contributed by atoms with Gasteiger partial charge in [0.05, 0.1) is 6.04 Å². The minimum atomic E-state index is -0.236. The Hall–Kier alpha value is -2.95.